The predicted molar refractivity (Wildman–Crippen MR) is 153 cm³/mol. The number of methoxy groups -OCH3 is 2. The Morgan fingerprint density at radius 1 is 1.15 bits per heavy atom. The molecule has 208 valence electrons. The number of alkyl carbamates (subject to hydrolysis) is 1. The van der Waals surface area contributed by atoms with E-state index in [-0.39, 0.29) is 25.0 Å². The monoisotopic (exact) mass is 573 g/mol. The summed E-state index contributed by atoms with van der Waals surface area (Å²) in [5.41, 5.74) is 10.5. The van der Waals surface area contributed by atoms with Crippen molar-refractivity contribution in [2.24, 2.45) is 10.7 Å². The van der Waals surface area contributed by atoms with Crippen LogP contribution in [0.5, 0.6) is 0 Å². The third-order valence-corrected chi connectivity index (χ3v) is 6.48. The van der Waals surface area contributed by atoms with E-state index in [1.54, 1.807) is 32.4 Å². The van der Waals surface area contributed by atoms with E-state index in [1.165, 1.54) is 11.5 Å². The molecule has 39 heavy (non-hydrogen) atoms. The second kappa shape index (κ2) is 15.2. The number of amides is 2. The molecule has 0 atom stereocenters. The Hall–Kier alpha value is -3.51. The molecule has 2 aromatic rings. The zero-order valence-corrected chi connectivity index (χ0v) is 23.7. The summed E-state index contributed by atoms with van der Waals surface area (Å²) in [6.07, 6.45) is 8.02. The Morgan fingerprint density at radius 2 is 1.95 bits per heavy atom. The predicted octanol–water partition coefficient (Wildman–Crippen LogP) is 4.14. The second-order valence-electron chi connectivity index (χ2n) is 8.55. The highest BCUT2D eigenvalue weighted by Gasteiger charge is 2.21. The molecule has 0 saturated carbocycles. The largest absolute Gasteiger partial charge is 0.445 e. The number of hydrogen-bond acceptors (Lipinski definition) is 8. The standard InChI is InChI=1S/C27H32ClN5O5S/c1-17-23(24(33-39-17)21-6-4-5-18(7-8-21)15-37-3)25(34)32-26(29)31-14-19-11-20(13-22(28)12-19)16-38-27(35)30-9-10-36-2/h4-5,7-8,11-13H,6,9-10,14-16H2,1-3H3,(H,30,35)(H3,29,31,32,34). The first-order valence-electron chi connectivity index (χ1n) is 12.1. The number of nitrogens with two attached hydrogens (primary N) is 1. The van der Waals surface area contributed by atoms with E-state index >= 15 is 0 Å². The van der Waals surface area contributed by atoms with Crippen LogP contribution in [0.2, 0.25) is 5.02 Å². The molecule has 1 aliphatic rings. The van der Waals surface area contributed by atoms with Crippen molar-refractivity contribution in [3.05, 3.63) is 80.4 Å². The number of aryl methyl sites for hydroxylation is 1. The Labute approximate surface area is 236 Å². The summed E-state index contributed by atoms with van der Waals surface area (Å²) < 4.78 is 19.8. The number of aromatic nitrogens is 1. The van der Waals surface area contributed by atoms with Crippen LogP contribution < -0.4 is 16.4 Å². The number of allylic oxidation sites excluding steroid dienone is 4. The van der Waals surface area contributed by atoms with Gasteiger partial charge in [0.1, 0.15) is 6.61 Å². The maximum absolute atomic E-state index is 13.1. The zero-order valence-electron chi connectivity index (χ0n) is 22.1. The van der Waals surface area contributed by atoms with E-state index in [1.807, 2.05) is 31.2 Å². The summed E-state index contributed by atoms with van der Waals surface area (Å²) in [5.74, 6) is -0.420. The van der Waals surface area contributed by atoms with Crippen LogP contribution in [-0.4, -0.2) is 56.3 Å². The fraction of sp³-hybridized carbons (Fsp3) is 0.333. The number of nitrogens with one attached hydrogen (secondary N) is 2. The van der Waals surface area contributed by atoms with E-state index < -0.39 is 6.09 Å². The van der Waals surface area contributed by atoms with Crippen LogP contribution in [0.25, 0.3) is 5.57 Å². The van der Waals surface area contributed by atoms with Crippen molar-refractivity contribution in [2.45, 2.75) is 26.5 Å². The maximum atomic E-state index is 13.1. The molecule has 0 spiro atoms. The maximum Gasteiger partial charge on any atom is 0.407 e. The van der Waals surface area contributed by atoms with Crippen molar-refractivity contribution >= 4 is 46.7 Å². The molecular formula is C27H32ClN5O5S. The number of carbonyl (C=O) groups is 2. The van der Waals surface area contributed by atoms with Crippen LogP contribution in [0.3, 0.4) is 0 Å². The molecular weight excluding hydrogens is 542 g/mol. The van der Waals surface area contributed by atoms with Crippen molar-refractivity contribution in [2.75, 3.05) is 34.0 Å². The number of guanidine groups is 1. The van der Waals surface area contributed by atoms with E-state index in [4.69, 9.17) is 31.5 Å². The van der Waals surface area contributed by atoms with Gasteiger partial charge in [0.15, 0.2) is 5.96 Å². The first kappa shape index (κ1) is 30.0. The minimum Gasteiger partial charge on any atom is -0.445 e. The second-order valence-corrected chi connectivity index (χ2v) is 9.97. The van der Waals surface area contributed by atoms with Crippen LogP contribution in [0.1, 0.15) is 38.5 Å². The van der Waals surface area contributed by atoms with Gasteiger partial charge in [-0.1, -0.05) is 42.0 Å². The highest BCUT2D eigenvalue weighted by atomic mass is 35.5. The fourth-order valence-electron chi connectivity index (χ4n) is 3.71. The molecule has 0 aliphatic heterocycles. The van der Waals surface area contributed by atoms with Crippen LogP contribution in [0, 0.1) is 6.92 Å². The average molecular weight is 574 g/mol. The number of nitrogens with zero attached hydrogens (tertiary/aromatic N) is 2. The Balaban J connectivity index is 1.65. The quantitative estimate of drug-likeness (QED) is 0.209. The van der Waals surface area contributed by atoms with Gasteiger partial charge < -0.3 is 25.3 Å². The molecule has 3 rings (SSSR count). The van der Waals surface area contributed by atoms with E-state index in [9.17, 15) is 9.59 Å². The normalized spacial score (nSPS) is 13.4. The lowest BCUT2D eigenvalue weighted by molar-refractivity contribution is 0.0976. The molecule has 0 radical (unpaired) electrons. The number of aliphatic imine (C=N–C) groups is 1. The number of hydrogen-bond donors (Lipinski definition) is 3. The van der Waals surface area contributed by atoms with Gasteiger partial charge in [0.05, 0.1) is 31.0 Å². The van der Waals surface area contributed by atoms with Crippen LogP contribution >= 0.6 is 23.1 Å². The summed E-state index contributed by atoms with van der Waals surface area (Å²) in [5, 5.41) is 5.70. The van der Waals surface area contributed by atoms with Gasteiger partial charge in [0.2, 0.25) is 0 Å². The highest BCUT2D eigenvalue weighted by Crippen LogP contribution is 2.28. The van der Waals surface area contributed by atoms with E-state index in [0.717, 1.165) is 21.6 Å². The van der Waals surface area contributed by atoms with Gasteiger partial charge in [-0.05, 0) is 59.3 Å². The smallest absolute Gasteiger partial charge is 0.407 e. The lowest BCUT2D eigenvalue weighted by atomic mass is 10.0. The Kier molecular flexibility index (Phi) is 11.7. The topological polar surface area (TPSA) is 137 Å². The van der Waals surface area contributed by atoms with E-state index in [0.29, 0.717) is 48.0 Å². The van der Waals surface area contributed by atoms with Gasteiger partial charge in [0.25, 0.3) is 5.91 Å². The molecule has 1 aromatic carbocycles. The molecule has 0 bridgehead atoms. The van der Waals surface area contributed by atoms with Crippen molar-refractivity contribution < 1.29 is 23.8 Å². The summed E-state index contributed by atoms with van der Waals surface area (Å²) in [6, 6.07) is 5.22. The molecule has 0 fully saturated rings. The Morgan fingerprint density at radius 3 is 2.72 bits per heavy atom. The third kappa shape index (κ3) is 9.32. The van der Waals surface area contributed by atoms with Crippen molar-refractivity contribution in [3.63, 3.8) is 0 Å². The fourth-order valence-corrected chi connectivity index (χ4v) is 4.71. The van der Waals surface area contributed by atoms with Crippen LogP contribution in [0.4, 0.5) is 4.79 Å². The summed E-state index contributed by atoms with van der Waals surface area (Å²) in [6.45, 7) is 3.27. The SMILES string of the molecule is COCCNC(=O)OCc1cc(Cl)cc(CN=C(N)NC(=O)c2c(C3=CC=C(COC)C=CC3)nsc2C)c1. The van der Waals surface area contributed by atoms with E-state index in [2.05, 4.69) is 20.0 Å². The van der Waals surface area contributed by atoms with Gasteiger partial charge in [-0.15, -0.1) is 0 Å². The minimum atomic E-state index is -0.557. The molecule has 0 unspecified atom stereocenters. The first-order chi connectivity index (χ1) is 18.8. The highest BCUT2D eigenvalue weighted by molar-refractivity contribution is 7.06. The molecule has 1 heterocycles. The summed E-state index contributed by atoms with van der Waals surface area (Å²) >= 11 is 7.49. The molecule has 1 aromatic heterocycles. The van der Waals surface area contributed by atoms with Gasteiger partial charge >= 0.3 is 6.09 Å². The lowest BCUT2D eigenvalue weighted by Gasteiger charge is -2.09. The molecule has 0 saturated heterocycles. The van der Waals surface area contributed by atoms with Crippen molar-refractivity contribution in [1.82, 2.24) is 15.0 Å². The van der Waals surface area contributed by atoms with Crippen molar-refractivity contribution in [3.8, 4) is 0 Å². The van der Waals surface area contributed by atoms with Gasteiger partial charge in [-0.2, -0.15) is 4.37 Å². The molecule has 2 amide bonds. The van der Waals surface area contributed by atoms with Crippen LogP contribution in [0.15, 0.2) is 53.1 Å². The lowest BCUT2D eigenvalue weighted by Crippen LogP contribution is -2.37. The average Bonchev–Trinajstić information content (AvgIpc) is 3.13. The van der Waals surface area contributed by atoms with Gasteiger partial charge in [0, 0.05) is 30.7 Å². The molecule has 10 nitrogen and oxygen atoms in total. The number of halogens is 1. The number of benzene rings is 1. The molecule has 12 heteroatoms. The number of ether oxygens (including phenoxy) is 3. The summed E-state index contributed by atoms with van der Waals surface area (Å²) in [7, 11) is 3.19. The first-order valence-corrected chi connectivity index (χ1v) is 13.3. The minimum absolute atomic E-state index is 0.0305. The molecule has 4 N–H and O–H groups in total. The summed E-state index contributed by atoms with van der Waals surface area (Å²) in [4.78, 5) is 30.0. The zero-order chi connectivity index (χ0) is 28.2. The van der Waals surface area contributed by atoms with Crippen molar-refractivity contribution in [1.29, 1.82) is 0 Å². The number of carbonyl (C=O) groups excluding carboxylic acids is 2. The van der Waals surface area contributed by atoms with Gasteiger partial charge in [-0.25, -0.2) is 9.79 Å². The Bertz CT molecular complexity index is 1300. The molecule has 1 aliphatic carbocycles. The van der Waals surface area contributed by atoms with Gasteiger partial charge in [-0.3, -0.25) is 10.1 Å². The third-order valence-electron chi connectivity index (χ3n) is 5.51. The number of rotatable bonds is 11. The van der Waals surface area contributed by atoms with Crippen LogP contribution in [-0.2, 0) is 27.4 Å².